The molecule has 10 nitrogen and oxygen atoms in total. The number of pyridine rings is 2. The number of fused-ring (bicyclic) bond motifs is 8. The van der Waals surface area contributed by atoms with Gasteiger partial charge in [-0.3, -0.25) is 14.6 Å². The molecule has 0 saturated carbocycles. The number of benzene rings is 2. The van der Waals surface area contributed by atoms with Crippen molar-refractivity contribution < 1.29 is 28.5 Å². The summed E-state index contributed by atoms with van der Waals surface area (Å²) in [6.45, 7) is 2.08. The molecule has 0 spiro atoms. The minimum absolute atomic E-state index is 0.0492. The van der Waals surface area contributed by atoms with Crippen molar-refractivity contribution >= 4 is 11.8 Å². The molecule has 0 saturated heterocycles. The Morgan fingerprint density at radius 1 is 0.911 bits per heavy atom. The fourth-order valence-electron chi connectivity index (χ4n) is 5.93. The predicted molar refractivity (Wildman–Crippen MR) is 167 cm³/mol. The highest BCUT2D eigenvalue weighted by molar-refractivity contribution is 5.96. The lowest BCUT2D eigenvalue weighted by atomic mass is 9.87. The Kier molecular flexibility index (Phi) is 9.09. The zero-order chi connectivity index (χ0) is 31.2. The van der Waals surface area contributed by atoms with Crippen LogP contribution in [0.4, 0.5) is 0 Å². The van der Waals surface area contributed by atoms with Gasteiger partial charge >= 0.3 is 0 Å². The molecule has 0 radical (unpaired) electrons. The third kappa shape index (κ3) is 6.69. The van der Waals surface area contributed by atoms with E-state index >= 15 is 0 Å². The van der Waals surface area contributed by atoms with Gasteiger partial charge in [-0.05, 0) is 71.5 Å². The van der Waals surface area contributed by atoms with Crippen molar-refractivity contribution in [3.8, 4) is 23.3 Å². The number of carbonyl (C=O) groups is 2. The SMILES string of the molecule is COc1ccc(C(=O)N2CCCOc3cccc(c3)C3c4ccc(cc4CCN3C(=O)Cc3cccnc3)OCC2)c(OC)n1. The molecule has 2 aromatic heterocycles. The fraction of sp³-hybridized carbons (Fsp3) is 0.314. The van der Waals surface area contributed by atoms with Gasteiger partial charge in [0.2, 0.25) is 17.7 Å². The minimum Gasteiger partial charge on any atom is -0.494 e. The van der Waals surface area contributed by atoms with Crippen LogP contribution in [0.15, 0.2) is 79.1 Å². The Balaban J connectivity index is 1.28. The van der Waals surface area contributed by atoms with E-state index in [0.29, 0.717) is 62.9 Å². The molecule has 7 rings (SSSR count). The minimum atomic E-state index is -0.260. The number of aromatic nitrogens is 2. The van der Waals surface area contributed by atoms with Gasteiger partial charge in [-0.15, -0.1) is 0 Å². The van der Waals surface area contributed by atoms with E-state index in [0.717, 1.165) is 28.0 Å². The van der Waals surface area contributed by atoms with Crippen LogP contribution in [0.2, 0.25) is 0 Å². The average Bonchev–Trinajstić information content (AvgIpc) is 3.08. The van der Waals surface area contributed by atoms with Crippen LogP contribution in [-0.4, -0.2) is 78.6 Å². The van der Waals surface area contributed by atoms with E-state index < -0.39 is 0 Å². The Morgan fingerprint density at radius 3 is 2.60 bits per heavy atom. The number of amides is 2. The molecule has 0 N–H and O–H groups in total. The lowest BCUT2D eigenvalue weighted by Gasteiger charge is -2.38. The number of methoxy groups -OCH3 is 2. The molecular formula is C35H36N4O6. The third-order valence-corrected chi connectivity index (χ3v) is 8.14. The van der Waals surface area contributed by atoms with Gasteiger partial charge in [0.25, 0.3) is 5.91 Å². The monoisotopic (exact) mass is 608 g/mol. The van der Waals surface area contributed by atoms with E-state index in [4.69, 9.17) is 18.9 Å². The number of carbonyl (C=O) groups excluding carboxylic acids is 2. The highest BCUT2D eigenvalue weighted by Crippen LogP contribution is 2.38. The summed E-state index contributed by atoms with van der Waals surface area (Å²) in [5, 5.41) is 0. The van der Waals surface area contributed by atoms with E-state index in [1.165, 1.54) is 14.2 Å². The average molecular weight is 609 g/mol. The van der Waals surface area contributed by atoms with Crippen LogP contribution in [-0.2, 0) is 17.6 Å². The largest absolute Gasteiger partial charge is 0.494 e. The molecule has 4 aromatic rings. The summed E-state index contributed by atoms with van der Waals surface area (Å²) >= 11 is 0. The van der Waals surface area contributed by atoms with Gasteiger partial charge in [0.1, 0.15) is 23.7 Å². The first-order chi connectivity index (χ1) is 22.0. The number of hydrogen-bond acceptors (Lipinski definition) is 8. The van der Waals surface area contributed by atoms with Gasteiger partial charge in [0.05, 0.1) is 39.8 Å². The molecule has 45 heavy (non-hydrogen) atoms. The maximum absolute atomic E-state index is 13.7. The smallest absolute Gasteiger partial charge is 0.259 e. The first kappa shape index (κ1) is 29.9. The van der Waals surface area contributed by atoms with Crippen LogP contribution in [0.3, 0.4) is 0 Å². The molecule has 1 atom stereocenters. The summed E-state index contributed by atoms with van der Waals surface area (Å²) in [7, 11) is 3.00. The molecule has 3 aliphatic rings. The van der Waals surface area contributed by atoms with E-state index in [9.17, 15) is 9.59 Å². The Bertz CT molecular complexity index is 1660. The van der Waals surface area contributed by atoms with E-state index in [1.54, 1.807) is 29.4 Å². The van der Waals surface area contributed by atoms with Crippen LogP contribution in [0.25, 0.3) is 0 Å². The quantitative estimate of drug-likeness (QED) is 0.326. The first-order valence-electron chi connectivity index (χ1n) is 15.1. The zero-order valence-corrected chi connectivity index (χ0v) is 25.5. The van der Waals surface area contributed by atoms with Crippen LogP contribution in [0.1, 0.15) is 45.1 Å². The number of ether oxygens (including phenoxy) is 4. The zero-order valence-electron chi connectivity index (χ0n) is 25.5. The summed E-state index contributed by atoms with van der Waals surface area (Å²) < 4.78 is 23.0. The lowest BCUT2D eigenvalue weighted by molar-refractivity contribution is -0.132. The molecular weight excluding hydrogens is 572 g/mol. The Hall–Kier alpha value is -5.12. The van der Waals surface area contributed by atoms with E-state index in [2.05, 4.69) is 22.1 Å². The molecule has 5 heterocycles. The summed E-state index contributed by atoms with van der Waals surface area (Å²) in [5.41, 5.74) is 4.40. The first-order valence-corrected chi connectivity index (χ1v) is 15.1. The summed E-state index contributed by atoms with van der Waals surface area (Å²) in [4.78, 5) is 39.5. The summed E-state index contributed by atoms with van der Waals surface area (Å²) in [5.74, 6) is 1.85. The van der Waals surface area contributed by atoms with Crippen LogP contribution in [0.5, 0.6) is 23.3 Å². The molecule has 1 unspecified atom stereocenters. The second-order valence-corrected chi connectivity index (χ2v) is 11.0. The van der Waals surface area contributed by atoms with E-state index in [-0.39, 0.29) is 30.2 Å². The molecule has 0 fully saturated rings. The van der Waals surface area contributed by atoms with Crippen LogP contribution < -0.4 is 18.9 Å². The molecule has 232 valence electrons. The highest BCUT2D eigenvalue weighted by Gasteiger charge is 2.33. The summed E-state index contributed by atoms with van der Waals surface area (Å²) in [6.07, 6.45) is 5.03. The van der Waals surface area contributed by atoms with Crippen LogP contribution in [0, 0.1) is 0 Å². The second-order valence-electron chi connectivity index (χ2n) is 11.0. The van der Waals surface area contributed by atoms with Gasteiger partial charge in [-0.1, -0.05) is 24.3 Å². The van der Waals surface area contributed by atoms with Crippen molar-refractivity contribution in [1.82, 2.24) is 19.8 Å². The number of nitrogens with zero attached hydrogens (tertiary/aromatic N) is 4. The van der Waals surface area contributed by atoms with Crippen LogP contribution >= 0.6 is 0 Å². The molecule has 6 bridgehead atoms. The van der Waals surface area contributed by atoms with Gasteiger partial charge in [-0.25, -0.2) is 0 Å². The predicted octanol–water partition coefficient (Wildman–Crippen LogP) is 4.51. The molecule has 10 heteroatoms. The van der Waals surface area contributed by atoms with Crippen molar-refractivity contribution in [2.45, 2.75) is 25.3 Å². The maximum Gasteiger partial charge on any atom is 0.259 e. The topological polar surface area (TPSA) is 103 Å². The van der Waals surface area contributed by atoms with Gasteiger partial charge in [-0.2, -0.15) is 4.98 Å². The number of hydrogen-bond donors (Lipinski definition) is 0. The molecule has 3 aliphatic heterocycles. The van der Waals surface area contributed by atoms with E-state index in [1.807, 2.05) is 47.4 Å². The van der Waals surface area contributed by atoms with Crippen molar-refractivity contribution in [3.63, 3.8) is 0 Å². The van der Waals surface area contributed by atoms with Crippen molar-refractivity contribution in [1.29, 1.82) is 0 Å². The summed E-state index contributed by atoms with van der Waals surface area (Å²) in [6, 6.07) is 20.8. The number of rotatable bonds is 5. The molecule has 2 aromatic carbocycles. The van der Waals surface area contributed by atoms with Gasteiger partial charge in [0, 0.05) is 31.5 Å². The molecule has 2 amide bonds. The highest BCUT2D eigenvalue weighted by atomic mass is 16.5. The normalized spacial score (nSPS) is 16.4. The van der Waals surface area contributed by atoms with Crippen molar-refractivity contribution in [2.75, 3.05) is 47.1 Å². The third-order valence-electron chi connectivity index (χ3n) is 8.14. The van der Waals surface area contributed by atoms with Gasteiger partial charge in [0.15, 0.2) is 0 Å². The second kappa shape index (κ2) is 13.7. The lowest BCUT2D eigenvalue weighted by Crippen LogP contribution is -2.41. The Morgan fingerprint density at radius 2 is 1.78 bits per heavy atom. The van der Waals surface area contributed by atoms with Crippen molar-refractivity contribution in [3.05, 3.63) is 107 Å². The Labute approximate surface area is 262 Å². The maximum atomic E-state index is 13.7. The fourth-order valence-corrected chi connectivity index (χ4v) is 5.93. The van der Waals surface area contributed by atoms with Crippen molar-refractivity contribution in [2.24, 2.45) is 0 Å². The standard InChI is InChI=1S/C35H36N4O6/c1-42-31-12-11-30(34(37-31)43-2)35(41)38-15-5-18-44-27-8-3-7-26(22-27)33-29-10-9-28(45-19-17-38)21-25(29)13-16-39(33)32(40)20-24-6-4-14-36-23-24/h3-4,6-12,14,21-23,33H,5,13,15-20H2,1-2H3. The van der Waals surface area contributed by atoms with Gasteiger partial charge < -0.3 is 28.7 Å². The molecule has 0 aliphatic carbocycles.